The van der Waals surface area contributed by atoms with Crippen molar-refractivity contribution in [3.63, 3.8) is 0 Å². The van der Waals surface area contributed by atoms with Gasteiger partial charge in [0, 0.05) is 5.92 Å². The SMILES string of the molecule is CCCCCCCCCCCCCCC(NC(=O)OCC1c2ccccc2-c2ccccc21)C(=O)OCc1ccccc1. The van der Waals surface area contributed by atoms with E-state index in [9.17, 15) is 9.59 Å². The molecule has 0 saturated heterocycles. The van der Waals surface area contributed by atoms with E-state index in [2.05, 4.69) is 36.5 Å². The second-order valence-electron chi connectivity index (χ2n) is 11.8. The highest BCUT2D eigenvalue weighted by Gasteiger charge is 2.30. The van der Waals surface area contributed by atoms with Crippen molar-refractivity contribution in [2.75, 3.05) is 6.61 Å². The molecule has 4 rings (SSSR count). The molecule has 1 amide bonds. The van der Waals surface area contributed by atoms with Crippen LogP contribution in [0.2, 0.25) is 0 Å². The first-order chi connectivity index (χ1) is 21.2. The number of alkyl carbamates (subject to hydrolysis) is 1. The van der Waals surface area contributed by atoms with Gasteiger partial charge in [0.1, 0.15) is 19.3 Å². The fourth-order valence-corrected chi connectivity index (χ4v) is 6.05. The largest absolute Gasteiger partial charge is 0.459 e. The molecule has 1 atom stereocenters. The molecule has 1 N–H and O–H groups in total. The van der Waals surface area contributed by atoms with Crippen LogP contribution in [0.4, 0.5) is 4.79 Å². The molecular formula is C38H49NO4. The maximum atomic E-state index is 13.1. The summed E-state index contributed by atoms with van der Waals surface area (Å²) in [5, 5.41) is 2.83. The van der Waals surface area contributed by atoms with E-state index in [1.165, 1.54) is 68.9 Å². The topological polar surface area (TPSA) is 64.6 Å². The lowest BCUT2D eigenvalue weighted by molar-refractivity contribution is -0.147. The smallest absolute Gasteiger partial charge is 0.407 e. The number of unbranched alkanes of at least 4 members (excludes halogenated alkanes) is 11. The summed E-state index contributed by atoms with van der Waals surface area (Å²) in [4.78, 5) is 26.1. The van der Waals surface area contributed by atoms with Gasteiger partial charge in [-0.3, -0.25) is 0 Å². The molecule has 0 saturated carbocycles. The quantitative estimate of drug-likeness (QED) is 0.113. The highest BCUT2D eigenvalue weighted by atomic mass is 16.6. The normalized spacial score (nSPS) is 12.8. The minimum atomic E-state index is -0.734. The lowest BCUT2D eigenvalue weighted by atomic mass is 9.98. The Morgan fingerprint density at radius 3 is 1.74 bits per heavy atom. The molecule has 0 bridgehead atoms. The minimum Gasteiger partial charge on any atom is -0.459 e. The van der Waals surface area contributed by atoms with Gasteiger partial charge in [-0.15, -0.1) is 0 Å². The van der Waals surface area contributed by atoms with E-state index in [1.807, 2.05) is 54.6 Å². The fourth-order valence-electron chi connectivity index (χ4n) is 6.05. The van der Waals surface area contributed by atoms with Crippen molar-refractivity contribution in [2.24, 2.45) is 0 Å². The van der Waals surface area contributed by atoms with Crippen LogP contribution in [-0.4, -0.2) is 24.7 Å². The lowest BCUT2D eigenvalue weighted by Gasteiger charge is -2.19. The van der Waals surface area contributed by atoms with Gasteiger partial charge in [0.05, 0.1) is 0 Å². The predicted molar refractivity (Wildman–Crippen MR) is 174 cm³/mol. The van der Waals surface area contributed by atoms with Crippen LogP contribution >= 0.6 is 0 Å². The number of amides is 1. The van der Waals surface area contributed by atoms with E-state index < -0.39 is 18.1 Å². The molecule has 1 aliphatic rings. The summed E-state index contributed by atoms with van der Waals surface area (Å²) in [6.07, 6.45) is 14.9. The second-order valence-corrected chi connectivity index (χ2v) is 11.8. The molecule has 0 radical (unpaired) electrons. The predicted octanol–water partition coefficient (Wildman–Crippen LogP) is 9.73. The van der Waals surface area contributed by atoms with Crippen molar-refractivity contribution in [2.45, 2.75) is 109 Å². The Bertz CT molecular complexity index is 1210. The number of esters is 1. The summed E-state index contributed by atoms with van der Waals surface area (Å²) in [5.41, 5.74) is 5.60. The van der Waals surface area contributed by atoms with Crippen LogP contribution in [0.15, 0.2) is 78.9 Å². The van der Waals surface area contributed by atoms with Crippen molar-refractivity contribution in [3.05, 3.63) is 95.6 Å². The number of carbonyl (C=O) groups excluding carboxylic acids is 2. The highest BCUT2D eigenvalue weighted by Crippen LogP contribution is 2.44. The van der Waals surface area contributed by atoms with E-state index in [0.717, 1.165) is 36.0 Å². The third-order valence-electron chi connectivity index (χ3n) is 8.49. The van der Waals surface area contributed by atoms with Gasteiger partial charge in [-0.1, -0.05) is 163 Å². The molecule has 3 aromatic rings. The summed E-state index contributed by atoms with van der Waals surface area (Å²) < 4.78 is 11.3. The number of rotatable bonds is 19. The molecule has 1 unspecified atom stereocenters. The summed E-state index contributed by atoms with van der Waals surface area (Å²) in [7, 11) is 0. The number of ether oxygens (including phenoxy) is 2. The number of carbonyl (C=O) groups is 2. The van der Waals surface area contributed by atoms with Crippen LogP contribution in [-0.2, 0) is 20.9 Å². The maximum Gasteiger partial charge on any atom is 0.407 e. The van der Waals surface area contributed by atoms with E-state index >= 15 is 0 Å². The maximum absolute atomic E-state index is 13.1. The van der Waals surface area contributed by atoms with Crippen molar-refractivity contribution < 1.29 is 19.1 Å². The fraction of sp³-hybridized carbons (Fsp3) is 0.474. The van der Waals surface area contributed by atoms with Crippen LogP contribution in [0.3, 0.4) is 0 Å². The van der Waals surface area contributed by atoms with Crippen LogP contribution < -0.4 is 5.32 Å². The molecule has 0 aliphatic heterocycles. The van der Waals surface area contributed by atoms with E-state index in [1.54, 1.807) is 0 Å². The Hall–Kier alpha value is -3.60. The first kappa shape index (κ1) is 32.3. The van der Waals surface area contributed by atoms with Crippen molar-refractivity contribution in [1.29, 1.82) is 0 Å². The Balaban J connectivity index is 1.23. The van der Waals surface area contributed by atoms with Crippen molar-refractivity contribution in [1.82, 2.24) is 5.32 Å². The summed E-state index contributed by atoms with van der Waals surface area (Å²) in [6.45, 7) is 2.65. The van der Waals surface area contributed by atoms with E-state index in [0.29, 0.717) is 6.42 Å². The van der Waals surface area contributed by atoms with Crippen molar-refractivity contribution in [3.8, 4) is 11.1 Å². The Morgan fingerprint density at radius 1 is 0.651 bits per heavy atom. The highest BCUT2D eigenvalue weighted by molar-refractivity contribution is 5.82. The first-order valence-electron chi connectivity index (χ1n) is 16.5. The Labute approximate surface area is 258 Å². The van der Waals surface area contributed by atoms with Gasteiger partial charge < -0.3 is 14.8 Å². The van der Waals surface area contributed by atoms with Gasteiger partial charge in [0.15, 0.2) is 0 Å². The molecule has 43 heavy (non-hydrogen) atoms. The number of benzene rings is 3. The van der Waals surface area contributed by atoms with Gasteiger partial charge in [0.2, 0.25) is 0 Å². The summed E-state index contributed by atoms with van der Waals surface area (Å²) >= 11 is 0. The van der Waals surface area contributed by atoms with Crippen LogP contribution in [0.25, 0.3) is 11.1 Å². The summed E-state index contributed by atoms with van der Waals surface area (Å²) in [6, 6.07) is 25.4. The zero-order valence-electron chi connectivity index (χ0n) is 25.9. The van der Waals surface area contributed by atoms with Crippen molar-refractivity contribution >= 4 is 12.1 Å². The van der Waals surface area contributed by atoms with E-state index in [4.69, 9.17) is 9.47 Å². The molecule has 1 aliphatic carbocycles. The van der Waals surface area contributed by atoms with Gasteiger partial charge in [-0.05, 0) is 34.2 Å². The van der Waals surface area contributed by atoms with Gasteiger partial charge in [-0.25, -0.2) is 9.59 Å². The molecule has 0 spiro atoms. The zero-order valence-corrected chi connectivity index (χ0v) is 25.9. The third kappa shape index (κ3) is 10.3. The van der Waals surface area contributed by atoms with Gasteiger partial charge in [-0.2, -0.15) is 0 Å². The third-order valence-corrected chi connectivity index (χ3v) is 8.49. The summed E-state index contributed by atoms with van der Waals surface area (Å²) in [5.74, 6) is -0.446. The Morgan fingerprint density at radius 2 is 1.16 bits per heavy atom. The molecule has 0 heterocycles. The standard InChI is InChI=1S/C38H49NO4/c1-2-3-4-5-6-7-8-9-10-11-12-16-27-36(37(40)42-28-30-21-14-13-15-22-30)39-38(41)43-29-35-33-25-19-17-23-31(33)32-24-18-20-26-34(32)35/h13-15,17-26,35-36H,2-12,16,27-29H2,1H3,(H,39,41). The average molecular weight is 584 g/mol. The van der Waals surface area contributed by atoms with Crippen LogP contribution in [0, 0.1) is 0 Å². The molecule has 5 nitrogen and oxygen atoms in total. The molecule has 5 heteroatoms. The second kappa shape index (κ2) is 18.1. The molecule has 0 aromatic heterocycles. The number of hydrogen-bond acceptors (Lipinski definition) is 4. The molecule has 230 valence electrons. The monoisotopic (exact) mass is 583 g/mol. The number of fused-ring (bicyclic) bond motifs is 3. The number of nitrogens with one attached hydrogen (secondary N) is 1. The van der Waals surface area contributed by atoms with Crippen LogP contribution in [0.1, 0.15) is 113 Å². The Kier molecular flexibility index (Phi) is 13.6. The first-order valence-corrected chi connectivity index (χ1v) is 16.5. The van der Waals surface area contributed by atoms with Gasteiger partial charge in [0.25, 0.3) is 0 Å². The average Bonchev–Trinajstić information content (AvgIpc) is 3.36. The van der Waals surface area contributed by atoms with E-state index in [-0.39, 0.29) is 19.1 Å². The molecule has 3 aromatic carbocycles. The molecular weight excluding hydrogens is 534 g/mol. The minimum absolute atomic E-state index is 0.0297. The lowest BCUT2D eigenvalue weighted by Crippen LogP contribution is -2.42. The zero-order chi connectivity index (χ0) is 30.1. The van der Waals surface area contributed by atoms with Crippen LogP contribution in [0.5, 0.6) is 0 Å². The number of hydrogen-bond donors (Lipinski definition) is 1. The molecule has 0 fully saturated rings. The van der Waals surface area contributed by atoms with Gasteiger partial charge >= 0.3 is 12.1 Å².